The van der Waals surface area contributed by atoms with E-state index in [-0.39, 0.29) is 5.91 Å². The van der Waals surface area contributed by atoms with E-state index in [1.165, 1.54) is 25.7 Å². The standard InChI is InChI=1S/C14H24N4O/c15-6-3-8-17-13(19)10-18-9-2-5-14(12-18)4-1-7-16-11-14/h16H,1-5,7-12H2,(H,17,19). The number of piperidine rings is 2. The van der Waals surface area contributed by atoms with E-state index in [9.17, 15) is 4.79 Å². The molecule has 1 atom stereocenters. The van der Waals surface area contributed by atoms with E-state index in [0.717, 1.165) is 26.2 Å². The molecule has 2 aliphatic rings. The molecule has 1 amide bonds. The average molecular weight is 264 g/mol. The fourth-order valence-corrected chi connectivity index (χ4v) is 3.34. The van der Waals surface area contributed by atoms with Gasteiger partial charge in [0.2, 0.25) is 5.91 Å². The zero-order valence-corrected chi connectivity index (χ0v) is 11.6. The Kier molecular flexibility index (Phi) is 5.17. The summed E-state index contributed by atoms with van der Waals surface area (Å²) in [6.45, 7) is 5.23. The molecular weight excluding hydrogens is 240 g/mol. The lowest BCUT2D eigenvalue weighted by Gasteiger charge is -2.45. The van der Waals surface area contributed by atoms with Gasteiger partial charge in [-0.3, -0.25) is 9.69 Å². The number of rotatable bonds is 4. The maximum atomic E-state index is 11.8. The maximum Gasteiger partial charge on any atom is 0.234 e. The number of amides is 1. The van der Waals surface area contributed by atoms with Crippen molar-refractivity contribution in [1.29, 1.82) is 5.26 Å². The second-order valence-electron chi connectivity index (χ2n) is 5.85. The highest BCUT2D eigenvalue weighted by Gasteiger charge is 2.36. The summed E-state index contributed by atoms with van der Waals surface area (Å²) >= 11 is 0. The second-order valence-corrected chi connectivity index (χ2v) is 5.85. The van der Waals surface area contributed by atoms with Crippen molar-refractivity contribution >= 4 is 5.91 Å². The molecule has 0 radical (unpaired) electrons. The molecule has 1 unspecified atom stereocenters. The van der Waals surface area contributed by atoms with Crippen molar-refractivity contribution in [1.82, 2.24) is 15.5 Å². The zero-order chi connectivity index (χ0) is 13.6. The molecular formula is C14H24N4O. The molecule has 2 N–H and O–H groups in total. The fraction of sp³-hybridized carbons (Fsp3) is 0.857. The molecule has 1 spiro atoms. The lowest BCUT2D eigenvalue weighted by atomic mass is 9.74. The van der Waals surface area contributed by atoms with Crippen LogP contribution < -0.4 is 10.6 Å². The smallest absolute Gasteiger partial charge is 0.234 e. The van der Waals surface area contributed by atoms with Gasteiger partial charge in [-0.2, -0.15) is 5.26 Å². The molecule has 2 fully saturated rings. The third-order valence-corrected chi connectivity index (χ3v) is 4.23. The van der Waals surface area contributed by atoms with Crippen molar-refractivity contribution in [2.45, 2.75) is 32.1 Å². The van der Waals surface area contributed by atoms with Crippen LogP contribution in [0.4, 0.5) is 0 Å². The van der Waals surface area contributed by atoms with E-state index in [1.807, 2.05) is 6.07 Å². The zero-order valence-electron chi connectivity index (χ0n) is 11.6. The van der Waals surface area contributed by atoms with Crippen molar-refractivity contribution in [2.24, 2.45) is 5.41 Å². The number of carbonyl (C=O) groups excluding carboxylic acids is 1. The van der Waals surface area contributed by atoms with E-state index in [0.29, 0.717) is 24.9 Å². The number of hydrogen-bond donors (Lipinski definition) is 2. The van der Waals surface area contributed by atoms with Gasteiger partial charge < -0.3 is 10.6 Å². The van der Waals surface area contributed by atoms with E-state index in [4.69, 9.17) is 5.26 Å². The molecule has 106 valence electrons. The highest BCUT2D eigenvalue weighted by Crippen LogP contribution is 2.35. The first-order chi connectivity index (χ1) is 9.24. The van der Waals surface area contributed by atoms with Gasteiger partial charge >= 0.3 is 0 Å². The molecule has 5 heteroatoms. The number of nitrogens with zero attached hydrogens (tertiary/aromatic N) is 2. The summed E-state index contributed by atoms with van der Waals surface area (Å²) in [4.78, 5) is 14.1. The Morgan fingerprint density at radius 2 is 2.26 bits per heavy atom. The number of likely N-dealkylation sites (tertiary alicyclic amines) is 1. The number of nitrogens with one attached hydrogen (secondary N) is 2. The first-order valence-electron chi connectivity index (χ1n) is 7.31. The van der Waals surface area contributed by atoms with E-state index in [2.05, 4.69) is 15.5 Å². The Labute approximate surface area is 115 Å². The van der Waals surface area contributed by atoms with E-state index in [1.54, 1.807) is 0 Å². The summed E-state index contributed by atoms with van der Waals surface area (Å²) in [6, 6.07) is 2.04. The van der Waals surface area contributed by atoms with Crippen molar-refractivity contribution in [3.63, 3.8) is 0 Å². The molecule has 0 aromatic heterocycles. The van der Waals surface area contributed by atoms with E-state index < -0.39 is 0 Å². The molecule has 0 aromatic carbocycles. The van der Waals surface area contributed by atoms with Gasteiger partial charge in [0, 0.05) is 19.6 Å². The molecule has 2 rings (SSSR count). The Bertz CT molecular complexity index is 338. The largest absolute Gasteiger partial charge is 0.354 e. The molecule has 0 bridgehead atoms. The first-order valence-corrected chi connectivity index (χ1v) is 7.31. The van der Waals surface area contributed by atoms with Gasteiger partial charge in [-0.15, -0.1) is 0 Å². The van der Waals surface area contributed by atoms with Gasteiger partial charge in [0.05, 0.1) is 19.0 Å². The fourth-order valence-electron chi connectivity index (χ4n) is 3.34. The van der Waals surface area contributed by atoms with Crippen LogP contribution in [-0.2, 0) is 4.79 Å². The van der Waals surface area contributed by atoms with E-state index >= 15 is 0 Å². The Hall–Kier alpha value is -1.12. The number of hydrogen-bond acceptors (Lipinski definition) is 4. The van der Waals surface area contributed by atoms with Crippen LogP contribution in [0.1, 0.15) is 32.1 Å². The number of nitriles is 1. The summed E-state index contributed by atoms with van der Waals surface area (Å²) in [6.07, 6.45) is 5.40. The molecule has 0 aliphatic carbocycles. The molecule has 2 heterocycles. The van der Waals surface area contributed by atoms with Crippen molar-refractivity contribution in [3.8, 4) is 6.07 Å². The van der Waals surface area contributed by atoms with Crippen LogP contribution in [-0.4, -0.2) is 50.1 Å². The maximum absolute atomic E-state index is 11.8. The van der Waals surface area contributed by atoms with Gasteiger partial charge in [0.25, 0.3) is 0 Å². The van der Waals surface area contributed by atoms with Gasteiger partial charge in [0.1, 0.15) is 0 Å². The lowest BCUT2D eigenvalue weighted by Crippen LogP contribution is -2.52. The minimum absolute atomic E-state index is 0.0519. The minimum Gasteiger partial charge on any atom is -0.354 e. The molecule has 0 aromatic rings. The van der Waals surface area contributed by atoms with Crippen molar-refractivity contribution in [2.75, 3.05) is 39.3 Å². The molecule has 2 saturated heterocycles. The summed E-state index contributed by atoms with van der Waals surface area (Å²) in [5.41, 5.74) is 0.392. The van der Waals surface area contributed by atoms with Crippen molar-refractivity contribution < 1.29 is 4.79 Å². The van der Waals surface area contributed by atoms with Gasteiger partial charge in [0.15, 0.2) is 0 Å². The minimum atomic E-state index is 0.0519. The van der Waals surface area contributed by atoms with Crippen LogP contribution >= 0.6 is 0 Å². The molecule has 2 aliphatic heterocycles. The van der Waals surface area contributed by atoms with Crippen molar-refractivity contribution in [3.05, 3.63) is 0 Å². The third-order valence-electron chi connectivity index (χ3n) is 4.23. The topological polar surface area (TPSA) is 68.2 Å². The summed E-state index contributed by atoms with van der Waals surface area (Å²) in [7, 11) is 0. The number of carbonyl (C=O) groups is 1. The van der Waals surface area contributed by atoms with Gasteiger partial charge in [-0.25, -0.2) is 0 Å². The van der Waals surface area contributed by atoms with Crippen LogP contribution in [0.5, 0.6) is 0 Å². The molecule has 0 saturated carbocycles. The Morgan fingerprint density at radius 3 is 3.00 bits per heavy atom. The SMILES string of the molecule is N#CCCNC(=O)CN1CCCC2(CCCNC2)C1. The molecule has 5 nitrogen and oxygen atoms in total. The summed E-state index contributed by atoms with van der Waals surface area (Å²) in [5, 5.41) is 14.7. The highest BCUT2D eigenvalue weighted by molar-refractivity contribution is 5.78. The Morgan fingerprint density at radius 1 is 1.42 bits per heavy atom. The second kappa shape index (κ2) is 6.88. The van der Waals surface area contributed by atoms with Crippen LogP contribution in [0, 0.1) is 16.7 Å². The van der Waals surface area contributed by atoms with Crippen LogP contribution in [0.25, 0.3) is 0 Å². The predicted octanol–water partition coefficient (Wildman–Crippen LogP) is 0.482. The monoisotopic (exact) mass is 264 g/mol. The third kappa shape index (κ3) is 4.19. The highest BCUT2D eigenvalue weighted by atomic mass is 16.2. The van der Waals surface area contributed by atoms with Crippen LogP contribution in [0.15, 0.2) is 0 Å². The van der Waals surface area contributed by atoms with Crippen LogP contribution in [0.3, 0.4) is 0 Å². The summed E-state index contributed by atoms with van der Waals surface area (Å²) in [5.74, 6) is 0.0519. The van der Waals surface area contributed by atoms with Gasteiger partial charge in [-0.05, 0) is 44.2 Å². The average Bonchev–Trinajstić information content (AvgIpc) is 2.40. The van der Waals surface area contributed by atoms with Crippen LogP contribution in [0.2, 0.25) is 0 Å². The summed E-state index contributed by atoms with van der Waals surface area (Å²) < 4.78 is 0. The first kappa shape index (κ1) is 14.3. The predicted molar refractivity (Wildman–Crippen MR) is 73.5 cm³/mol. The quantitative estimate of drug-likeness (QED) is 0.725. The lowest BCUT2D eigenvalue weighted by molar-refractivity contribution is -0.123. The van der Waals surface area contributed by atoms with Gasteiger partial charge in [-0.1, -0.05) is 0 Å². The normalized spacial score (nSPS) is 27.9. The molecule has 19 heavy (non-hydrogen) atoms. The Balaban J connectivity index is 1.77.